The third kappa shape index (κ3) is 3.36. The van der Waals surface area contributed by atoms with Gasteiger partial charge in [-0.05, 0) is 31.5 Å². The minimum atomic E-state index is 0.0122. The molecular formula is C15H19N3OS. The van der Waals surface area contributed by atoms with Crippen LogP contribution >= 0.6 is 11.3 Å². The van der Waals surface area contributed by atoms with Crippen molar-refractivity contribution >= 4 is 22.9 Å². The smallest absolute Gasteiger partial charge is 0.253 e. The molecule has 0 bridgehead atoms. The first-order chi connectivity index (χ1) is 9.47. The van der Waals surface area contributed by atoms with E-state index in [9.17, 15) is 4.79 Å². The Morgan fingerprint density at radius 1 is 1.35 bits per heavy atom. The summed E-state index contributed by atoms with van der Waals surface area (Å²) >= 11 is 1.64. The van der Waals surface area contributed by atoms with Gasteiger partial charge in [-0.15, -0.1) is 11.3 Å². The third-order valence-electron chi connectivity index (χ3n) is 2.99. The van der Waals surface area contributed by atoms with Gasteiger partial charge in [0.25, 0.3) is 5.91 Å². The molecule has 1 heterocycles. The molecule has 1 aromatic heterocycles. The van der Waals surface area contributed by atoms with Crippen LogP contribution in [0.25, 0.3) is 0 Å². The summed E-state index contributed by atoms with van der Waals surface area (Å²) in [6.45, 7) is 4.69. The van der Waals surface area contributed by atoms with Gasteiger partial charge in [0.05, 0.1) is 6.54 Å². The second kappa shape index (κ2) is 6.05. The van der Waals surface area contributed by atoms with E-state index >= 15 is 0 Å². The topological polar surface area (TPSA) is 45.2 Å². The van der Waals surface area contributed by atoms with Crippen molar-refractivity contribution in [2.24, 2.45) is 0 Å². The number of anilines is 1. The minimum absolute atomic E-state index is 0.0122. The predicted octanol–water partition coefficient (Wildman–Crippen LogP) is 3.07. The Morgan fingerprint density at radius 3 is 2.70 bits per heavy atom. The number of rotatable bonds is 4. The highest BCUT2D eigenvalue weighted by Crippen LogP contribution is 2.19. The summed E-state index contributed by atoms with van der Waals surface area (Å²) in [6.07, 6.45) is 0. The molecule has 0 atom stereocenters. The van der Waals surface area contributed by atoms with Crippen molar-refractivity contribution < 1.29 is 4.79 Å². The van der Waals surface area contributed by atoms with Gasteiger partial charge in [0.1, 0.15) is 5.01 Å². The average molecular weight is 289 g/mol. The summed E-state index contributed by atoms with van der Waals surface area (Å²) in [4.78, 5) is 18.0. The maximum atomic E-state index is 12.0. The van der Waals surface area contributed by atoms with Gasteiger partial charge < -0.3 is 10.2 Å². The summed E-state index contributed by atoms with van der Waals surface area (Å²) in [7, 11) is 3.52. The van der Waals surface area contributed by atoms with E-state index in [4.69, 9.17) is 0 Å². The van der Waals surface area contributed by atoms with Crippen molar-refractivity contribution in [3.63, 3.8) is 0 Å². The monoisotopic (exact) mass is 289 g/mol. The molecule has 0 saturated carbocycles. The number of benzene rings is 1. The zero-order valence-corrected chi connectivity index (χ0v) is 13.0. The van der Waals surface area contributed by atoms with E-state index in [2.05, 4.69) is 10.3 Å². The molecule has 0 aliphatic rings. The van der Waals surface area contributed by atoms with Crippen molar-refractivity contribution in [1.29, 1.82) is 0 Å². The fourth-order valence-electron chi connectivity index (χ4n) is 1.86. The molecule has 20 heavy (non-hydrogen) atoms. The number of aromatic nitrogens is 1. The van der Waals surface area contributed by atoms with Crippen molar-refractivity contribution in [3.05, 3.63) is 45.4 Å². The van der Waals surface area contributed by atoms with E-state index in [0.29, 0.717) is 12.1 Å². The van der Waals surface area contributed by atoms with Crippen LogP contribution < -0.4 is 5.32 Å². The molecule has 0 radical (unpaired) electrons. The van der Waals surface area contributed by atoms with E-state index in [1.807, 2.05) is 37.4 Å². The van der Waals surface area contributed by atoms with Gasteiger partial charge >= 0.3 is 0 Å². The average Bonchev–Trinajstić information content (AvgIpc) is 2.82. The maximum Gasteiger partial charge on any atom is 0.253 e. The lowest BCUT2D eigenvalue weighted by molar-refractivity contribution is 0.0827. The lowest BCUT2D eigenvalue weighted by Crippen LogP contribution is -2.21. The predicted molar refractivity (Wildman–Crippen MR) is 83.4 cm³/mol. The molecule has 1 N–H and O–H groups in total. The molecule has 0 aliphatic heterocycles. The summed E-state index contributed by atoms with van der Waals surface area (Å²) in [5.41, 5.74) is 3.83. The number of carbonyl (C=O) groups is 1. The number of hydrogen-bond acceptors (Lipinski definition) is 4. The molecule has 0 spiro atoms. The van der Waals surface area contributed by atoms with Crippen LogP contribution in [0.2, 0.25) is 0 Å². The molecule has 0 saturated heterocycles. The Labute approximate surface area is 123 Å². The molecule has 0 fully saturated rings. The Morgan fingerprint density at radius 2 is 2.10 bits per heavy atom. The molecule has 1 aromatic carbocycles. The highest BCUT2D eigenvalue weighted by Gasteiger charge is 2.10. The van der Waals surface area contributed by atoms with Gasteiger partial charge in [0.15, 0.2) is 0 Å². The van der Waals surface area contributed by atoms with Crippen LogP contribution in [-0.4, -0.2) is 29.9 Å². The standard InChI is InChI=1S/C15H19N3OS/c1-10-5-6-12(15(19)18(3)4)7-13(10)16-8-14-17-11(2)9-20-14/h5-7,9,16H,8H2,1-4H3. The molecular weight excluding hydrogens is 270 g/mol. The van der Waals surface area contributed by atoms with Crippen LogP contribution in [0.5, 0.6) is 0 Å². The molecule has 0 aliphatic carbocycles. The fourth-order valence-corrected chi connectivity index (χ4v) is 2.57. The number of carbonyl (C=O) groups excluding carboxylic acids is 1. The SMILES string of the molecule is Cc1csc(CNc2cc(C(=O)N(C)C)ccc2C)n1. The highest BCUT2D eigenvalue weighted by atomic mass is 32.1. The van der Waals surface area contributed by atoms with Crippen molar-refractivity contribution in [3.8, 4) is 0 Å². The zero-order valence-electron chi connectivity index (χ0n) is 12.2. The molecule has 4 nitrogen and oxygen atoms in total. The van der Waals surface area contributed by atoms with E-state index in [-0.39, 0.29) is 5.91 Å². The summed E-state index contributed by atoms with van der Waals surface area (Å²) in [5.74, 6) is 0.0122. The van der Waals surface area contributed by atoms with E-state index in [1.54, 1.807) is 30.3 Å². The Balaban J connectivity index is 2.14. The van der Waals surface area contributed by atoms with Crippen LogP contribution in [0.4, 0.5) is 5.69 Å². The molecule has 2 rings (SSSR count). The number of hydrogen-bond donors (Lipinski definition) is 1. The molecule has 1 amide bonds. The fraction of sp³-hybridized carbons (Fsp3) is 0.333. The van der Waals surface area contributed by atoms with Gasteiger partial charge in [-0.25, -0.2) is 4.98 Å². The lowest BCUT2D eigenvalue weighted by Gasteiger charge is -2.13. The number of thiazole rings is 1. The Kier molecular flexibility index (Phi) is 4.39. The van der Waals surface area contributed by atoms with Gasteiger partial charge in [0.2, 0.25) is 0 Å². The first-order valence-corrected chi connectivity index (χ1v) is 7.32. The number of aryl methyl sites for hydroxylation is 2. The minimum Gasteiger partial charge on any atom is -0.378 e. The van der Waals surface area contributed by atoms with Crippen LogP contribution in [-0.2, 0) is 6.54 Å². The quantitative estimate of drug-likeness (QED) is 0.941. The molecule has 106 valence electrons. The van der Waals surface area contributed by atoms with Crippen LogP contribution in [0, 0.1) is 13.8 Å². The Hall–Kier alpha value is -1.88. The Bertz CT molecular complexity index is 619. The van der Waals surface area contributed by atoms with Gasteiger partial charge in [-0.3, -0.25) is 4.79 Å². The number of amides is 1. The van der Waals surface area contributed by atoms with E-state index < -0.39 is 0 Å². The molecule has 5 heteroatoms. The van der Waals surface area contributed by atoms with E-state index in [1.165, 1.54) is 0 Å². The first kappa shape index (κ1) is 14.5. The maximum absolute atomic E-state index is 12.0. The second-order valence-corrected chi connectivity index (χ2v) is 5.91. The van der Waals surface area contributed by atoms with Crippen molar-refractivity contribution in [1.82, 2.24) is 9.88 Å². The van der Waals surface area contributed by atoms with Crippen molar-refractivity contribution in [2.75, 3.05) is 19.4 Å². The lowest BCUT2D eigenvalue weighted by atomic mass is 10.1. The van der Waals surface area contributed by atoms with Crippen LogP contribution in [0.3, 0.4) is 0 Å². The number of nitrogens with zero attached hydrogens (tertiary/aromatic N) is 2. The highest BCUT2D eigenvalue weighted by molar-refractivity contribution is 7.09. The van der Waals surface area contributed by atoms with E-state index in [0.717, 1.165) is 22.0 Å². The zero-order chi connectivity index (χ0) is 14.7. The normalized spacial score (nSPS) is 10.4. The van der Waals surface area contributed by atoms with Gasteiger partial charge in [-0.1, -0.05) is 6.07 Å². The second-order valence-electron chi connectivity index (χ2n) is 4.97. The number of nitrogens with one attached hydrogen (secondary N) is 1. The van der Waals surface area contributed by atoms with Crippen LogP contribution in [0.1, 0.15) is 26.6 Å². The summed E-state index contributed by atoms with van der Waals surface area (Å²) in [5, 5.41) is 6.44. The van der Waals surface area contributed by atoms with Gasteiger partial charge in [0, 0.05) is 36.4 Å². The largest absolute Gasteiger partial charge is 0.378 e. The summed E-state index contributed by atoms with van der Waals surface area (Å²) in [6, 6.07) is 5.72. The first-order valence-electron chi connectivity index (χ1n) is 6.44. The molecule has 2 aromatic rings. The summed E-state index contributed by atoms with van der Waals surface area (Å²) < 4.78 is 0. The van der Waals surface area contributed by atoms with Crippen LogP contribution in [0.15, 0.2) is 23.6 Å². The third-order valence-corrected chi connectivity index (χ3v) is 3.95. The van der Waals surface area contributed by atoms with Crippen molar-refractivity contribution in [2.45, 2.75) is 20.4 Å². The van der Waals surface area contributed by atoms with Gasteiger partial charge in [-0.2, -0.15) is 0 Å². The molecule has 0 unspecified atom stereocenters.